The van der Waals surface area contributed by atoms with Gasteiger partial charge in [0, 0.05) is 6.04 Å². The fraction of sp³-hybridized carbons (Fsp3) is 0.300. The van der Waals surface area contributed by atoms with Gasteiger partial charge in [0.2, 0.25) is 0 Å². The van der Waals surface area contributed by atoms with Gasteiger partial charge in [-0.25, -0.2) is 18.2 Å². The van der Waals surface area contributed by atoms with Crippen molar-refractivity contribution in [3.8, 4) is 5.75 Å². The van der Waals surface area contributed by atoms with Crippen LogP contribution in [0.5, 0.6) is 5.75 Å². The highest BCUT2D eigenvalue weighted by molar-refractivity contribution is 7.92. The van der Waals surface area contributed by atoms with Crippen molar-refractivity contribution in [2.24, 2.45) is 5.10 Å². The Kier molecular flexibility index (Phi) is 10.1. The van der Waals surface area contributed by atoms with Crippen LogP contribution >= 0.6 is 0 Å². The van der Waals surface area contributed by atoms with Crippen LogP contribution in [0.3, 0.4) is 0 Å². The van der Waals surface area contributed by atoms with Gasteiger partial charge in [0.15, 0.2) is 6.61 Å². The molecule has 0 saturated heterocycles. The summed E-state index contributed by atoms with van der Waals surface area (Å²) in [5.41, 5.74) is 3.99. The van der Waals surface area contributed by atoms with Crippen molar-refractivity contribution in [2.75, 3.05) is 17.5 Å². The van der Waals surface area contributed by atoms with Gasteiger partial charge in [-0.15, -0.1) is 0 Å². The summed E-state index contributed by atoms with van der Waals surface area (Å²) in [4.78, 5) is 24.8. The lowest BCUT2D eigenvalue weighted by Gasteiger charge is -2.23. The highest BCUT2D eigenvalue weighted by atomic mass is 32.2. The van der Waals surface area contributed by atoms with Crippen molar-refractivity contribution in [2.45, 2.75) is 50.0 Å². The van der Waals surface area contributed by atoms with Gasteiger partial charge in [0.05, 0.1) is 16.8 Å². The van der Waals surface area contributed by atoms with E-state index in [-0.39, 0.29) is 29.1 Å². The van der Waals surface area contributed by atoms with E-state index in [1.165, 1.54) is 36.9 Å². The number of aryl methyl sites for hydroxylation is 1. The largest absolute Gasteiger partial charge is 0.484 e. The molecule has 9 nitrogen and oxygen atoms in total. The van der Waals surface area contributed by atoms with Crippen LogP contribution in [0.25, 0.3) is 0 Å². The number of carbonyl (C=O) groups excluding carboxylic acids is 2. The van der Waals surface area contributed by atoms with Crippen molar-refractivity contribution >= 4 is 33.7 Å². The Morgan fingerprint density at radius 1 is 0.951 bits per heavy atom. The number of rotatable bonds is 11. The topological polar surface area (TPSA) is 117 Å². The summed E-state index contributed by atoms with van der Waals surface area (Å²) < 4.78 is 46.7. The normalized spacial score (nSPS) is 14.0. The predicted molar refractivity (Wildman–Crippen MR) is 155 cm³/mol. The molecule has 0 spiro atoms. The SMILES string of the molecule is Cc1ccc(S(=O)(=O)N(CC(=O)N/N=C\c2ccc(OCC(=O)NC3CCCCC3)cc2)c2ccc(F)cc2)cc1. The van der Waals surface area contributed by atoms with Crippen LogP contribution in [0.4, 0.5) is 10.1 Å². The fourth-order valence-electron chi connectivity index (χ4n) is 4.42. The van der Waals surface area contributed by atoms with E-state index in [0.29, 0.717) is 11.3 Å². The molecular weight excluding hydrogens is 547 g/mol. The molecule has 3 aromatic rings. The quantitative estimate of drug-likeness (QED) is 0.259. The summed E-state index contributed by atoms with van der Waals surface area (Å²) >= 11 is 0. The summed E-state index contributed by atoms with van der Waals surface area (Å²) in [6, 6.07) is 18.0. The molecular formula is C30H33FN4O5S. The molecule has 4 rings (SSSR count). The molecule has 0 radical (unpaired) electrons. The molecule has 0 aromatic heterocycles. The van der Waals surface area contributed by atoms with Crippen molar-refractivity contribution in [1.29, 1.82) is 0 Å². The third-order valence-electron chi connectivity index (χ3n) is 6.63. The average molecular weight is 581 g/mol. The van der Waals surface area contributed by atoms with E-state index >= 15 is 0 Å². The van der Waals surface area contributed by atoms with Gasteiger partial charge in [-0.3, -0.25) is 13.9 Å². The minimum atomic E-state index is -4.13. The van der Waals surface area contributed by atoms with E-state index in [2.05, 4.69) is 15.8 Å². The van der Waals surface area contributed by atoms with Crippen molar-refractivity contribution in [3.05, 3.63) is 89.7 Å². The van der Waals surface area contributed by atoms with Gasteiger partial charge < -0.3 is 10.1 Å². The number of halogens is 1. The lowest BCUT2D eigenvalue weighted by Crippen LogP contribution is -2.39. The fourth-order valence-corrected chi connectivity index (χ4v) is 5.84. The molecule has 216 valence electrons. The van der Waals surface area contributed by atoms with Crippen LogP contribution in [-0.2, 0) is 19.6 Å². The Hall–Kier alpha value is -4.25. The van der Waals surface area contributed by atoms with Gasteiger partial charge in [-0.2, -0.15) is 5.10 Å². The Balaban J connectivity index is 1.33. The first-order chi connectivity index (χ1) is 19.7. The number of carbonyl (C=O) groups is 2. The summed E-state index contributed by atoms with van der Waals surface area (Å²) in [5, 5.41) is 6.93. The van der Waals surface area contributed by atoms with Crippen LogP contribution in [0.15, 0.2) is 82.8 Å². The summed E-state index contributed by atoms with van der Waals surface area (Å²) in [6.07, 6.45) is 6.88. The molecule has 0 unspecified atom stereocenters. The first kappa shape index (κ1) is 29.7. The number of benzene rings is 3. The smallest absolute Gasteiger partial charge is 0.264 e. The molecule has 0 heterocycles. The molecule has 2 N–H and O–H groups in total. The third kappa shape index (κ3) is 8.62. The van der Waals surface area contributed by atoms with Crippen LogP contribution in [0, 0.1) is 12.7 Å². The zero-order valence-electron chi connectivity index (χ0n) is 22.8. The van der Waals surface area contributed by atoms with E-state index in [9.17, 15) is 22.4 Å². The first-order valence-electron chi connectivity index (χ1n) is 13.4. The number of nitrogens with zero attached hydrogens (tertiary/aromatic N) is 2. The zero-order valence-corrected chi connectivity index (χ0v) is 23.6. The minimum Gasteiger partial charge on any atom is -0.484 e. The Bertz CT molecular complexity index is 1450. The number of amides is 2. The van der Waals surface area contributed by atoms with Gasteiger partial charge >= 0.3 is 0 Å². The Morgan fingerprint density at radius 2 is 1.61 bits per heavy atom. The molecule has 1 fully saturated rings. The molecule has 0 aliphatic heterocycles. The van der Waals surface area contributed by atoms with E-state index in [4.69, 9.17) is 4.74 Å². The standard InChI is InChI=1S/C30H33FN4O5S/c1-22-7-17-28(18-8-22)41(38,39)35(26-13-11-24(31)12-14-26)20-29(36)34-32-19-23-9-15-27(16-10-23)40-21-30(37)33-25-5-3-2-4-6-25/h7-19,25H,2-6,20-21H2,1H3,(H,33,37)(H,34,36)/b32-19-. The highest BCUT2D eigenvalue weighted by Gasteiger charge is 2.27. The van der Waals surface area contributed by atoms with Gasteiger partial charge in [-0.1, -0.05) is 37.0 Å². The minimum absolute atomic E-state index is 0.00231. The molecule has 1 aliphatic carbocycles. The van der Waals surface area contributed by atoms with E-state index in [0.717, 1.165) is 47.7 Å². The second-order valence-electron chi connectivity index (χ2n) is 9.85. The lowest BCUT2D eigenvalue weighted by molar-refractivity contribution is -0.124. The molecule has 1 aliphatic rings. The number of ether oxygens (including phenoxy) is 1. The number of anilines is 1. The maximum absolute atomic E-state index is 13.5. The van der Waals surface area contributed by atoms with E-state index < -0.39 is 28.3 Å². The highest BCUT2D eigenvalue weighted by Crippen LogP contribution is 2.24. The number of nitrogens with one attached hydrogen (secondary N) is 2. The summed E-state index contributed by atoms with van der Waals surface area (Å²) in [5.74, 6) is -0.856. The number of sulfonamides is 1. The Labute approximate surface area is 239 Å². The maximum atomic E-state index is 13.5. The maximum Gasteiger partial charge on any atom is 0.264 e. The molecule has 2 amide bonds. The van der Waals surface area contributed by atoms with Crippen LogP contribution in [-0.4, -0.2) is 45.6 Å². The van der Waals surface area contributed by atoms with Crippen molar-refractivity contribution in [3.63, 3.8) is 0 Å². The summed E-state index contributed by atoms with van der Waals surface area (Å²) in [6.45, 7) is 1.18. The van der Waals surface area contributed by atoms with Crippen LogP contribution in [0.2, 0.25) is 0 Å². The number of hydrogen-bond acceptors (Lipinski definition) is 6. The zero-order chi connectivity index (χ0) is 29.2. The van der Waals surface area contributed by atoms with E-state index in [1.54, 1.807) is 36.4 Å². The molecule has 1 saturated carbocycles. The van der Waals surface area contributed by atoms with Gasteiger partial charge in [0.25, 0.3) is 21.8 Å². The predicted octanol–water partition coefficient (Wildman–Crippen LogP) is 4.31. The number of hydrogen-bond donors (Lipinski definition) is 2. The number of hydrazone groups is 1. The third-order valence-corrected chi connectivity index (χ3v) is 8.42. The van der Waals surface area contributed by atoms with Gasteiger partial charge in [0.1, 0.15) is 18.1 Å². The monoisotopic (exact) mass is 580 g/mol. The molecule has 3 aromatic carbocycles. The second-order valence-corrected chi connectivity index (χ2v) is 11.7. The van der Waals surface area contributed by atoms with Crippen LogP contribution < -0.4 is 19.8 Å². The van der Waals surface area contributed by atoms with Gasteiger partial charge in [-0.05, 0) is 86.0 Å². The van der Waals surface area contributed by atoms with E-state index in [1.807, 2.05) is 6.92 Å². The molecule has 0 bridgehead atoms. The van der Waals surface area contributed by atoms with Crippen molar-refractivity contribution < 1.29 is 27.1 Å². The lowest BCUT2D eigenvalue weighted by atomic mass is 9.95. The molecule has 41 heavy (non-hydrogen) atoms. The van der Waals surface area contributed by atoms with Crippen molar-refractivity contribution in [1.82, 2.24) is 10.7 Å². The molecule has 0 atom stereocenters. The first-order valence-corrected chi connectivity index (χ1v) is 14.8. The molecule has 11 heteroatoms. The Morgan fingerprint density at radius 3 is 2.27 bits per heavy atom. The summed E-state index contributed by atoms with van der Waals surface area (Å²) in [7, 11) is -4.13. The van der Waals surface area contributed by atoms with Crippen LogP contribution in [0.1, 0.15) is 43.2 Å². The second kappa shape index (κ2) is 13.9. The average Bonchev–Trinajstić information content (AvgIpc) is 2.97.